The van der Waals surface area contributed by atoms with Crippen molar-refractivity contribution in [3.63, 3.8) is 0 Å². The van der Waals surface area contributed by atoms with Crippen molar-refractivity contribution in [2.45, 2.75) is 60.4 Å². The molecule has 0 unspecified atom stereocenters. The minimum Gasteiger partial charge on any atom is -0.401 e. The lowest BCUT2D eigenvalue weighted by Gasteiger charge is -2.26. The Morgan fingerprint density at radius 1 is 1.06 bits per heavy atom. The van der Waals surface area contributed by atoms with E-state index in [9.17, 15) is 0 Å². The predicted molar refractivity (Wildman–Crippen MR) is 73.0 cm³/mol. The molecule has 0 aliphatic rings. The molecule has 0 atom stereocenters. The molecule has 0 aromatic carbocycles. The van der Waals surface area contributed by atoms with Gasteiger partial charge in [0.25, 0.3) is 0 Å². The van der Waals surface area contributed by atoms with Crippen molar-refractivity contribution in [2.24, 2.45) is 17.6 Å². The minimum absolute atomic E-state index is 0.532. The molecule has 2 heteroatoms. The van der Waals surface area contributed by atoms with Crippen LogP contribution in [0.3, 0.4) is 0 Å². The van der Waals surface area contributed by atoms with Gasteiger partial charge in [0.15, 0.2) is 0 Å². The molecule has 2 N–H and O–H groups in total. The van der Waals surface area contributed by atoms with Crippen LogP contribution in [0.15, 0.2) is 11.9 Å². The van der Waals surface area contributed by atoms with E-state index in [1.165, 1.54) is 6.42 Å². The Labute approximate surface area is 102 Å². The van der Waals surface area contributed by atoms with E-state index in [4.69, 9.17) is 5.73 Å². The summed E-state index contributed by atoms with van der Waals surface area (Å²) in [4.78, 5) is 2.36. The molecule has 0 bridgehead atoms. The molecule has 0 aliphatic carbocycles. The maximum atomic E-state index is 6.04. The lowest BCUT2D eigenvalue weighted by atomic mass is 10.1. The second-order valence-electron chi connectivity index (χ2n) is 5.82. The van der Waals surface area contributed by atoms with Gasteiger partial charge in [-0.2, -0.15) is 0 Å². The molecular weight excluding hydrogens is 196 g/mol. The van der Waals surface area contributed by atoms with E-state index in [1.54, 1.807) is 0 Å². The van der Waals surface area contributed by atoms with Crippen LogP contribution in [0, 0.1) is 11.8 Å². The highest BCUT2D eigenvalue weighted by molar-refractivity contribution is 4.97. The first-order valence-corrected chi connectivity index (χ1v) is 6.54. The highest BCUT2D eigenvalue weighted by Crippen LogP contribution is 2.11. The third-order valence-corrected chi connectivity index (χ3v) is 2.60. The van der Waals surface area contributed by atoms with Gasteiger partial charge < -0.3 is 10.6 Å². The summed E-state index contributed by atoms with van der Waals surface area (Å²) in [5, 5.41) is 0. The van der Waals surface area contributed by atoms with Crippen LogP contribution >= 0.6 is 0 Å². The van der Waals surface area contributed by atoms with Crippen molar-refractivity contribution >= 4 is 0 Å². The average molecular weight is 226 g/mol. The van der Waals surface area contributed by atoms with E-state index in [2.05, 4.69) is 52.6 Å². The Kier molecular flexibility index (Phi) is 7.27. The van der Waals surface area contributed by atoms with Gasteiger partial charge in [0.1, 0.15) is 0 Å². The highest BCUT2D eigenvalue weighted by Gasteiger charge is 2.07. The van der Waals surface area contributed by atoms with Gasteiger partial charge in [0.2, 0.25) is 0 Å². The van der Waals surface area contributed by atoms with Gasteiger partial charge in [-0.15, -0.1) is 0 Å². The van der Waals surface area contributed by atoms with Crippen LogP contribution in [0.5, 0.6) is 0 Å². The van der Waals surface area contributed by atoms with E-state index in [0.29, 0.717) is 12.0 Å². The van der Waals surface area contributed by atoms with Gasteiger partial charge in [-0.1, -0.05) is 27.7 Å². The van der Waals surface area contributed by atoms with Crippen LogP contribution < -0.4 is 5.73 Å². The van der Waals surface area contributed by atoms with E-state index in [-0.39, 0.29) is 0 Å². The van der Waals surface area contributed by atoms with E-state index in [1.807, 2.05) is 0 Å². The summed E-state index contributed by atoms with van der Waals surface area (Å²) in [5.41, 5.74) is 7.05. The van der Waals surface area contributed by atoms with Gasteiger partial charge in [0, 0.05) is 24.5 Å². The molecule has 0 rings (SSSR count). The Morgan fingerprint density at radius 2 is 1.62 bits per heavy atom. The minimum atomic E-state index is 0.532. The third kappa shape index (κ3) is 7.61. The molecule has 16 heavy (non-hydrogen) atoms. The zero-order valence-corrected chi connectivity index (χ0v) is 12.0. The maximum Gasteiger partial charge on any atom is 0.0245 e. The van der Waals surface area contributed by atoms with Crippen molar-refractivity contribution in [1.82, 2.24) is 4.90 Å². The highest BCUT2D eigenvalue weighted by atomic mass is 15.1. The molecule has 0 aromatic heterocycles. The largest absolute Gasteiger partial charge is 0.401 e. The van der Waals surface area contributed by atoms with Gasteiger partial charge in [-0.25, -0.2) is 0 Å². The summed E-state index contributed by atoms with van der Waals surface area (Å²) in [5.74, 6) is 1.39. The maximum absolute atomic E-state index is 6.04. The van der Waals surface area contributed by atoms with E-state index in [0.717, 1.165) is 24.6 Å². The summed E-state index contributed by atoms with van der Waals surface area (Å²) in [6.45, 7) is 14.5. The van der Waals surface area contributed by atoms with Gasteiger partial charge in [0.05, 0.1) is 0 Å². The zero-order valence-electron chi connectivity index (χ0n) is 12.0. The molecular formula is C14H30N2. The normalized spacial score (nSPS) is 12.9. The fraction of sp³-hybridized carbons (Fsp3) is 0.857. The predicted octanol–water partition coefficient (Wildman–Crippen LogP) is 3.59. The molecule has 0 heterocycles. The second kappa shape index (κ2) is 7.59. The summed E-state index contributed by atoms with van der Waals surface area (Å²) in [6.07, 6.45) is 4.36. The lowest BCUT2D eigenvalue weighted by Crippen LogP contribution is -2.28. The van der Waals surface area contributed by atoms with Crippen LogP contribution in [0.2, 0.25) is 0 Å². The Balaban J connectivity index is 4.31. The number of hydrogen-bond acceptors (Lipinski definition) is 2. The molecule has 0 radical (unpaired) electrons. The van der Waals surface area contributed by atoms with E-state index < -0.39 is 0 Å². The first-order valence-electron chi connectivity index (χ1n) is 6.54. The fourth-order valence-electron chi connectivity index (χ4n) is 1.62. The molecule has 0 amide bonds. The first-order chi connectivity index (χ1) is 7.32. The van der Waals surface area contributed by atoms with E-state index >= 15 is 0 Å². The molecule has 0 spiro atoms. The summed E-state index contributed by atoms with van der Waals surface area (Å²) < 4.78 is 0. The topological polar surface area (TPSA) is 29.3 Å². The average Bonchev–Trinajstić information content (AvgIpc) is 2.09. The third-order valence-electron chi connectivity index (χ3n) is 2.60. The van der Waals surface area contributed by atoms with Crippen molar-refractivity contribution in [1.29, 1.82) is 0 Å². The lowest BCUT2D eigenvalue weighted by molar-refractivity contribution is 0.287. The van der Waals surface area contributed by atoms with Crippen LogP contribution in [0.1, 0.15) is 54.4 Å². The second-order valence-corrected chi connectivity index (χ2v) is 5.82. The fourth-order valence-corrected chi connectivity index (χ4v) is 1.62. The Bertz CT molecular complexity index is 205. The standard InChI is InChI=1S/C14H30N2/c1-11(2)7-8-16(13(5)6)10-14(15)9-12(3)4/h10-13H,7-9,15H2,1-6H3/b14-10-. The molecule has 96 valence electrons. The van der Waals surface area contributed by atoms with Gasteiger partial charge >= 0.3 is 0 Å². The molecule has 0 saturated carbocycles. The van der Waals surface area contributed by atoms with Crippen LogP contribution in [0.4, 0.5) is 0 Å². The molecule has 0 fully saturated rings. The molecule has 0 aromatic rings. The Morgan fingerprint density at radius 3 is 2.00 bits per heavy atom. The van der Waals surface area contributed by atoms with Crippen molar-refractivity contribution in [3.05, 3.63) is 11.9 Å². The SMILES string of the molecule is CC(C)CCN(/C=C(\N)CC(C)C)C(C)C. The van der Waals surface area contributed by atoms with Crippen LogP contribution in [-0.2, 0) is 0 Å². The quantitative estimate of drug-likeness (QED) is 0.719. The smallest absolute Gasteiger partial charge is 0.0245 e. The number of allylic oxidation sites excluding steroid dienone is 1. The van der Waals surface area contributed by atoms with Crippen LogP contribution in [-0.4, -0.2) is 17.5 Å². The summed E-state index contributed by atoms with van der Waals surface area (Å²) in [6, 6.07) is 0.532. The molecule has 2 nitrogen and oxygen atoms in total. The zero-order chi connectivity index (χ0) is 12.7. The molecule has 0 aliphatic heterocycles. The number of nitrogens with zero attached hydrogens (tertiary/aromatic N) is 1. The Hall–Kier alpha value is -0.660. The molecule has 0 saturated heterocycles. The first kappa shape index (κ1) is 15.3. The van der Waals surface area contributed by atoms with Crippen molar-refractivity contribution in [3.8, 4) is 0 Å². The number of rotatable bonds is 7. The summed E-state index contributed by atoms with van der Waals surface area (Å²) in [7, 11) is 0. The number of hydrogen-bond donors (Lipinski definition) is 1. The summed E-state index contributed by atoms with van der Waals surface area (Å²) >= 11 is 0. The monoisotopic (exact) mass is 226 g/mol. The van der Waals surface area contributed by atoms with Crippen LogP contribution in [0.25, 0.3) is 0 Å². The van der Waals surface area contributed by atoms with Gasteiger partial charge in [-0.3, -0.25) is 0 Å². The van der Waals surface area contributed by atoms with Gasteiger partial charge in [-0.05, 0) is 38.5 Å². The number of nitrogens with two attached hydrogens (primary N) is 1. The van der Waals surface area contributed by atoms with Crippen molar-refractivity contribution in [2.75, 3.05) is 6.54 Å². The van der Waals surface area contributed by atoms with Crippen molar-refractivity contribution < 1.29 is 0 Å².